The minimum Gasteiger partial charge on any atom is -0.325 e. The summed E-state index contributed by atoms with van der Waals surface area (Å²) in [6.45, 7) is 7.56. The van der Waals surface area contributed by atoms with E-state index in [0.717, 1.165) is 21.8 Å². The average Bonchev–Trinajstić information content (AvgIpc) is 3.24. The molecule has 11 heteroatoms. The molecule has 0 unspecified atom stereocenters. The molecule has 30 heavy (non-hydrogen) atoms. The molecule has 0 saturated carbocycles. The van der Waals surface area contributed by atoms with Gasteiger partial charge in [-0.3, -0.25) is 14.9 Å². The van der Waals surface area contributed by atoms with Crippen molar-refractivity contribution in [2.24, 2.45) is 7.05 Å². The smallest absolute Gasteiger partial charge is 0.239 e. The van der Waals surface area contributed by atoms with Gasteiger partial charge in [0, 0.05) is 12.7 Å². The van der Waals surface area contributed by atoms with Crippen LogP contribution in [0.25, 0.3) is 0 Å². The SMILES string of the molecule is Cc1ccc(NC(=O)Cc2nnc(S[C@H](C)C(=O)Nc3nnc(C)s3)n2C)c(C)c1. The van der Waals surface area contributed by atoms with Crippen LogP contribution in [0.1, 0.15) is 28.9 Å². The van der Waals surface area contributed by atoms with Gasteiger partial charge in [-0.2, -0.15) is 0 Å². The van der Waals surface area contributed by atoms with Gasteiger partial charge in [0.05, 0.1) is 11.7 Å². The Kier molecular flexibility index (Phi) is 6.83. The molecular formula is C19H23N7O2S2. The van der Waals surface area contributed by atoms with Crippen molar-refractivity contribution >= 4 is 45.7 Å². The largest absolute Gasteiger partial charge is 0.325 e. The molecule has 0 spiro atoms. The van der Waals surface area contributed by atoms with E-state index < -0.39 is 5.25 Å². The number of aryl methyl sites for hydroxylation is 3. The molecule has 2 amide bonds. The lowest BCUT2D eigenvalue weighted by Crippen LogP contribution is -2.23. The van der Waals surface area contributed by atoms with Crippen molar-refractivity contribution in [1.82, 2.24) is 25.0 Å². The van der Waals surface area contributed by atoms with Gasteiger partial charge in [-0.25, -0.2) is 0 Å². The van der Waals surface area contributed by atoms with Gasteiger partial charge >= 0.3 is 0 Å². The van der Waals surface area contributed by atoms with Gasteiger partial charge in [-0.15, -0.1) is 20.4 Å². The van der Waals surface area contributed by atoms with Gasteiger partial charge < -0.3 is 9.88 Å². The molecule has 2 heterocycles. The highest BCUT2D eigenvalue weighted by Gasteiger charge is 2.21. The van der Waals surface area contributed by atoms with E-state index in [2.05, 4.69) is 31.0 Å². The van der Waals surface area contributed by atoms with Crippen LogP contribution in [0.3, 0.4) is 0 Å². The number of nitrogens with one attached hydrogen (secondary N) is 2. The summed E-state index contributed by atoms with van der Waals surface area (Å²) in [6, 6.07) is 5.86. The number of hydrogen-bond acceptors (Lipinski definition) is 8. The first kappa shape index (κ1) is 21.9. The van der Waals surface area contributed by atoms with Crippen molar-refractivity contribution in [3.05, 3.63) is 40.2 Å². The van der Waals surface area contributed by atoms with Crippen LogP contribution in [0.5, 0.6) is 0 Å². The van der Waals surface area contributed by atoms with E-state index in [1.54, 1.807) is 18.5 Å². The summed E-state index contributed by atoms with van der Waals surface area (Å²) in [6.07, 6.45) is 0.0853. The zero-order valence-electron chi connectivity index (χ0n) is 17.4. The highest BCUT2D eigenvalue weighted by atomic mass is 32.2. The van der Waals surface area contributed by atoms with Gasteiger partial charge in [-0.05, 0) is 39.3 Å². The van der Waals surface area contributed by atoms with E-state index >= 15 is 0 Å². The summed E-state index contributed by atoms with van der Waals surface area (Å²) in [5.74, 6) is 0.145. The Labute approximate surface area is 182 Å². The third-order valence-corrected chi connectivity index (χ3v) is 6.20. The maximum atomic E-state index is 12.4. The van der Waals surface area contributed by atoms with Gasteiger partial charge in [-0.1, -0.05) is 40.8 Å². The lowest BCUT2D eigenvalue weighted by atomic mass is 10.1. The van der Waals surface area contributed by atoms with E-state index in [1.165, 1.54) is 23.1 Å². The van der Waals surface area contributed by atoms with Crippen LogP contribution >= 0.6 is 23.1 Å². The van der Waals surface area contributed by atoms with Crippen LogP contribution in [0.2, 0.25) is 0 Å². The first-order chi connectivity index (χ1) is 14.2. The second kappa shape index (κ2) is 9.35. The fourth-order valence-electron chi connectivity index (χ4n) is 2.66. The zero-order chi connectivity index (χ0) is 21.8. The Morgan fingerprint density at radius 2 is 1.90 bits per heavy atom. The lowest BCUT2D eigenvalue weighted by Gasteiger charge is -2.10. The molecule has 1 aromatic carbocycles. The number of carbonyl (C=O) groups excluding carboxylic acids is 2. The predicted octanol–water partition coefficient (Wildman–Crippen LogP) is 2.89. The van der Waals surface area contributed by atoms with Crippen LogP contribution in [0.15, 0.2) is 23.4 Å². The standard InChI is InChI=1S/C19H23N7O2S2/c1-10-6-7-14(11(2)8-10)20-16(27)9-15-23-25-19(26(15)5)29-12(3)17(28)21-18-24-22-13(4)30-18/h6-8,12H,9H2,1-5H3,(H,20,27)(H,21,24,28)/t12-/m1/s1. The van der Waals surface area contributed by atoms with Crippen molar-refractivity contribution in [2.45, 2.75) is 44.5 Å². The fraction of sp³-hybridized carbons (Fsp3) is 0.368. The second-order valence-corrected chi connectivity index (χ2v) is 9.37. The van der Waals surface area contributed by atoms with Crippen molar-refractivity contribution in [2.75, 3.05) is 10.6 Å². The quantitative estimate of drug-likeness (QED) is 0.537. The third-order valence-electron chi connectivity index (χ3n) is 4.31. The third kappa shape index (κ3) is 5.42. The molecule has 158 valence electrons. The number of aromatic nitrogens is 5. The normalized spacial score (nSPS) is 11.9. The first-order valence-corrected chi connectivity index (χ1v) is 11.0. The Balaban J connectivity index is 1.59. The zero-order valence-corrected chi connectivity index (χ0v) is 19.0. The molecule has 2 aromatic heterocycles. The topological polar surface area (TPSA) is 115 Å². The van der Waals surface area contributed by atoms with E-state index in [-0.39, 0.29) is 18.2 Å². The van der Waals surface area contributed by atoms with E-state index in [4.69, 9.17) is 0 Å². The Hall–Kier alpha value is -2.79. The highest BCUT2D eigenvalue weighted by molar-refractivity contribution is 8.00. The number of rotatable bonds is 7. The molecule has 0 radical (unpaired) electrons. The number of thioether (sulfide) groups is 1. The van der Waals surface area contributed by atoms with Crippen molar-refractivity contribution < 1.29 is 9.59 Å². The summed E-state index contributed by atoms with van der Waals surface area (Å²) in [4.78, 5) is 24.8. The molecule has 0 aliphatic heterocycles. The molecule has 3 aromatic rings. The van der Waals surface area contributed by atoms with Crippen LogP contribution in [0.4, 0.5) is 10.8 Å². The summed E-state index contributed by atoms with van der Waals surface area (Å²) < 4.78 is 1.73. The molecule has 3 rings (SSSR count). The van der Waals surface area contributed by atoms with Crippen molar-refractivity contribution in [1.29, 1.82) is 0 Å². The minimum atomic E-state index is -0.422. The van der Waals surface area contributed by atoms with Crippen LogP contribution in [0, 0.1) is 20.8 Å². The minimum absolute atomic E-state index is 0.0853. The Morgan fingerprint density at radius 1 is 1.13 bits per heavy atom. The average molecular weight is 446 g/mol. The number of hydrogen-bond donors (Lipinski definition) is 2. The first-order valence-electron chi connectivity index (χ1n) is 9.26. The maximum absolute atomic E-state index is 12.4. The molecular weight excluding hydrogens is 422 g/mol. The van der Waals surface area contributed by atoms with Gasteiger partial charge in [0.25, 0.3) is 0 Å². The summed E-state index contributed by atoms with van der Waals surface area (Å²) in [5, 5.41) is 23.0. The molecule has 2 N–H and O–H groups in total. The summed E-state index contributed by atoms with van der Waals surface area (Å²) >= 11 is 2.58. The number of nitrogens with zero attached hydrogens (tertiary/aromatic N) is 5. The number of carbonyl (C=O) groups is 2. The van der Waals surface area contributed by atoms with E-state index in [1.807, 2.05) is 39.0 Å². The molecule has 0 bridgehead atoms. The highest BCUT2D eigenvalue weighted by Crippen LogP contribution is 2.24. The van der Waals surface area contributed by atoms with E-state index in [0.29, 0.717) is 16.1 Å². The molecule has 0 aliphatic rings. The van der Waals surface area contributed by atoms with Crippen molar-refractivity contribution in [3.8, 4) is 0 Å². The monoisotopic (exact) mass is 445 g/mol. The van der Waals surface area contributed by atoms with Crippen LogP contribution in [-0.4, -0.2) is 42.0 Å². The Morgan fingerprint density at radius 3 is 2.57 bits per heavy atom. The van der Waals surface area contributed by atoms with E-state index in [9.17, 15) is 9.59 Å². The van der Waals surface area contributed by atoms with Crippen LogP contribution < -0.4 is 10.6 Å². The fourth-order valence-corrected chi connectivity index (χ4v) is 4.09. The molecule has 0 fully saturated rings. The molecule has 0 saturated heterocycles. The molecule has 9 nitrogen and oxygen atoms in total. The van der Waals surface area contributed by atoms with Gasteiger partial charge in [0.1, 0.15) is 10.8 Å². The van der Waals surface area contributed by atoms with Gasteiger partial charge in [0.2, 0.25) is 16.9 Å². The molecule has 0 aliphatic carbocycles. The van der Waals surface area contributed by atoms with Gasteiger partial charge in [0.15, 0.2) is 5.16 Å². The van der Waals surface area contributed by atoms with Crippen LogP contribution in [-0.2, 0) is 23.1 Å². The Bertz CT molecular complexity index is 1080. The summed E-state index contributed by atoms with van der Waals surface area (Å²) in [7, 11) is 1.78. The predicted molar refractivity (Wildman–Crippen MR) is 118 cm³/mol. The summed E-state index contributed by atoms with van der Waals surface area (Å²) in [5.41, 5.74) is 2.92. The maximum Gasteiger partial charge on any atom is 0.239 e. The number of benzene rings is 1. The molecule has 1 atom stereocenters. The van der Waals surface area contributed by atoms with Crippen molar-refractivity contribution in [3.63, 3.8) is 0 Å². The number of anilines is 2. The number of amides is 2. The second-order valence-electron chi connectivity index (χ2n) is 6.88. The lowest BCUT2D eigenvalue weighted by molar-refractivity contribution is -0.116.